The van der Waals surface area contributed by atoms with E-state index in [4.69, 9.17) is 14.9 Å². The van der Waals surface area contributed by atoms with Gasteiger partial charge in [0.05, 0.1) is 6.61 Å². The lowest BCUT2D eigenvalue weighted by Gasteiger charge is -2.24. The molecule has 3 heteroatoms. The number of furan rings is 1. The van der Waals surface area contributed by atoms with Crippen molar-refractivity contribution in [2.75, 3.05) is 6.61 Å². The number of para-hydroxylation sites is 1. The van der Waals surface area contributed by atoms with Crippen LogP contribution in [-0.2, 0) is 17.9 Å². The van der Waals surface area contributed by atoms with E-state index in [1.807, 2.05) is 18.2 Å². The van der Waals surface area contributed by atoms with Crippen molar-refractivity contribution < 1.29 is 9.15 Å². The molecule has 0 bridgehead atoms. The summed E-state index contributed by atoms with van der Waals surface area (Å²) in [5, 5.41) is 1.10. The highest BCUT2D eigenvalue weighted by molar-refractivity contribution is 5.82. The molecule has 2 unspecified atom stereocenters. The van der Waals surface area contributed by atoms with Crippen molar-refractivity contribution in [2.45, 2.75) is 32.9 Å². The molecular weight excluding hydrogens is 262 g/mol. The molecule has 0 aliphatic heterocycles. The van der Waals surface area contributed by atoms with Crippen LogP contribution in [0.25, 0.3) is 11.0 Å². The molecule has 1 heterocycles. The number of rotatable bonds is 5. The Morgan fingerprint density at radius 1 is 1.24 bits per heavy atom. The van der Waals surface area contributed by atoms with E-state index in [9.17, 15) is 0 Å². The summed E-state index contributed by atoms with van der Waals surface area (Å²) in [5.74, 6) is 2.18. The van der Waals surface area contributed by atoms with Crippen molar-refractivity contribution in [3.05, 3.63) is 47.7 Å². The molecule has 112 valence electrons. The highest BCUT2D eigenvalue weighted by atomic mass is 16.5. The zero-order chi connectivity index (χ0) is 14.7. The van der Waals surface area contributed by atoms with Gasteiger partial charge in [-0.3, -0.25) is 0 Å². The molecule has 2 aromatic rings. The Morgan fingerprint density at radius 3 is 2.86 bits per heavy atom. The van der Waals surface area contributed by atoms with Crippen molar-refractivity contribution in [3.63, 3.8) is 0 Å². The lowest BCUT2D eigenvalue weighted by molar-refractivity contribution is 0.0585. The molecule has 1 aromatic heterocycles. The largest absolute Gasteiger partial charge is 0.458 e. The highest BCUT2D eigenvalue weighted by Crippen LogP contribution is 2.28. The maximum Gasteiger partial charge on any atom is 0.135 e. The number of hydrogen-bond acceptors (Lipinski definition) is 3. The molecule has 1 aliphatic rings. The van der Waals surface area contributed by atoms with Gasteiger partial charge in [0.25, 0.3) is 0 Å². The molecule has 0 saturated heterocycles. The number of ether oxygens (including phenoxy) is 1. The Morgan fingerprint density at radius 2 is 2.05 bits per heavy atom. The standard InChI is InChI=1S/C18H23NO2/c1-13-6-2-3-7-14(13)11-20-12-18-16(10-19)15-8-4-5-9-17(15)21-18/h2-5,8-9,13-14H,6-7,10-12,19H2,1H3. The monoisotopic (exact) mass is 285 g/mol. The molecule has 0 amide bonds. The lowest BCUT2D eigenvalue weighted by Crippen LogP contribution is -2.19. The van der Waals surface area contributed by atoms with Gasteiger partial charge >= 0.3 is 0 Å². The van der Waals surface area contributed by atoms with Gasteiger partial charge in [-0.15, -0.1) is 0 Å². The van der Waals surface area contributed by atoms with Crippen molar-refractivity contribution in [1.29, 1.82) is 0 Å². The van der Waals surface area contributed by atoms with Gasteiger partial charge in [-0.25, -0.2) is 0 Å². The summed E-state index contributed by atoms with van der Waals surface area (Å²) in [4.78, 5) is 0. The van der Waals surface area contributed by atoms with E-state index in [1.54, 1.807) is 0 Å². The van der Waals surface area contributed by atoms with Gasteiger partial charge in [-0.05, 0) is 30.7 Å². The van der Waals surface area contributed by atoms with Crippen LogP contribution in [0, 0.1) is 11.8 Å². The van der Waals surface area contributed by atoms with Crippen molar-refractivity contribution in [3.8, 4) is 0 Å². The maximum atomic E-state index is 5.92. The number of fused-ring (bicyclic) bond motifs is 1. The fraction of sp³-hybridized carbons (Fsp3) is 0.444. The summed E-state index contributed by atoms with van der Waals surface area (Å²) in [7, 11) is 0. The lowest BCUT2D eigenvalue weighted by atomic mass is 9.85. The molecule has 0 fully saturated rings. The first-order valence-corrected chi connectivity index (χ1v) is 7.71. The highest BCUT2D eigenvalue weighted by Gasteiger charge is 2.19. The van der Waals surface area contributed by atoms with E-state index in [0.29, 0.717) is 25.0 Å². The molecule has 2 N–H and O–H groups in total. The number of nitrogens with two attached hydrogens (primary N) is 1. The topological polar surface area (TPSA) is 48.4 Å². The van der Waals surface area contributed by atoms with Gasteiger partial charge in [-0.2, -0.15) is 0 Å². The SMILES string of the molecule is CC1CC=CCC1COCc1oc2ccccc2c1CN. The van der Waals surface area contributed by atoms with Gasteiger partial charge in [0, 0.05) is 17.5 Å². The molecule has 0 radical (unpaired) electrons. The van der Waals surface area contributed by atoms with Crippen LogP contribution in [0.15, 0.2) is 40.8 Å². The third kappa shape index (κ3) is 3.04. The fourth-order valence-corrected chi connectivity index (χ4v) is 3.03. The van der Waals surface area contributed by atoms with E-state index in [2.05, 4.69) is 25.1 Å². The Kier molecular flexibility index (Phi) is 4.42. The average Bonchev–Trinajstić information content (AvgIpc) is 2.86. The van der Waals surface area contributed by atoms with E-state index >= 15 is 0 Å². The first kappa shape index (κ1) is 14.4. The second kappa shape index (κ2) is 6.46. The number of benzene rings is 1. The van der Waals surface area contributed by atoms with E-state index in [1.165, 1.54) is 0 Å². The minimum Gasteiger partial charge on any atom is -0.458 e. The third-order valence-corrected chi connectivity index (χ3v) is 4.47. The quantitative estimate of drug-likeness (QED) is 0.844. The number of allylic oxidation sites excluding steroid dienone is 2. The predicted octanol–water partition coefficient (Wildman–Crippen LogP) is 4.01. The van der Waals surface area contributed by atoms with E-state index < -0.39 is 0 Å². The normalized spacial score (nSPS) is 22.0. The van der Waals surface area contributed by atoms with Gasteiger partial charge < -0.3 is 14.9 Å². The minimum absolute atomic E-state index is 0.484. The summed E-state index contributed by atoms with van der Waals surface area (Å²) in [5.41, 5.74) is 7.84. The summed E-state index contributed by atoms with van der Waals surface area (Å²) in [6.45, 7) is 4.07. The van der Waals surface area contributed by atoms with Gasteiger partial charge in [-0.1, -0.05) is 37.3 Å². The molecule has 0 saturated carbocycles. The van der Waals surface area contributed by atoms with Crippen molar-refractivity contribution in [2.24, 2.45) is 17.6 Å². The molecule has 2 atom stereocenters. The molecule has 1 aliphatic carbocycles. The van der Waals surface area contributed by atoms with Crippen LogP contribution in [0.3, 0.4) is 0 Å². The van der Waals surface area contributed by atoms with Crippen LogP contribution in [0.5, 0.6) is 0 Å². The smallest absolute Gasteiger partial charge is 0.135 e. The summed E-state index contributed by atoms with van der Waals surface area (Å²) in [6, 6.07) is 8.02. The Labute approximate surface area is 125 Å². The van der Waals surface area contributed by atoms with Crippen molar-refractivity contribution in [1.82, 2.24) is 0 Å². The predicted molar refractivity (Wildman–Crippen MR) is 84.8 cm³/mol. The Bertz CT molecular complexity index is 629. The van der Waals surface area contributed by atoms with Crippen molar-refractivity contribution >= 4 is 11.0 Å². The summed E-state index contributed by atoms with van der Waals surface area (Å²) in [6.07, 6.45) is 6.81. The molecular formula is C18H23NO2. The number of hydrogen-bond donors (Lipinski definition) is 1. The molecule has 3 nitrogen and oxygen atoms in total. The zero-order valence-corrected chi connectivity index (χ0v) is 12.5. The Balaban J connectivity index is 1.66. The van der Waals surface area contributed by atoms with Gasteiger partial charge in [0.2, 0.25) is 0 Å². The summed E-state index contributed by atoms with van der Waals surface area (Å²) < 4.78 is 11.8. The van der Waals surface area contributed by atoms with E-state index in [-0.39, 0.29) is 0 Å². The van der Waals surface area contributed by atoms with E-state index in [0.717, 1.165) is 41.7 Å². The Hall–Kier alpha value is -1.58. The fourth-order valence-electron chi connectivity index (χ4n) is 3.03. The van der Waals surface area contributed by atoms with Crippen LogP contribution < -0.4 is 5.73 Å². The van der Waals surface area contributed by atoms with Crippen LogP contribution in [0.1, 0.15) is 31.1 Å². The summed E-state index contributed by atoms with van der Waals surface area (Å²) >= 11 is 0. The first-order valence-electron chi connectivity index (χ1n) is 7.71. The molecule has 1 aromatic carbocycles. The third-order valence-electron chi connectivity index (χ3n) is 4.47. The second-order valence-corrected chi connectivity index (χ2v) is 5.90. The van der Waals surface area contributed by atoms with Gasteiger partial charge in [0.15, 0.2) is 0 Å². The maximum absolute atomic E-state index is 5.92. The van der Waals surface area contributed by atoms with Gasteiger partial charge in [0.1, 0.15) is 18.0 Å². The van der Waals surface area contributed by atoms with Crippen LogP contribution in [0.2, 0.25) is 0 Å². The van der Waals surface area contributed by atoms with Crippen LogP contribution in [-0.4, -0.2) is 6.61 Å². The second-order valence-electron chi connectivity index (χ2n) is 5.90. The minimum atomic E-state index is 0.484. The first-order chi connectivity index (χ1) is 10.3. The molecule has 0 spiro atoms. The molecule has 3 rings (SSSR count). The van der Waals surface area contributed by atoms with Crippen LogP contribution >= 0.6 is 0 Å². The average molecular weight is 285 g/mol. The molecule has 21 heavy (non-hydrogen) atoms. The zero-order valence-electron chi connectivity index (χ0n) is 12.5. The van der Waals surface area contributed by atoms with Crippen LogP contribution in [0.4, 0.5) is 0 Å².